The van der Waals surface area contributed by atoms with Crippen molar-refractivity contribution in [3.8, 4) is 6.07 Å². The highest BCUT2D eigenvalue weighted by Crippen LogP contribution is 2.48. The number of hydrogen-bond donors (Lipinski definition) is 2. The molecular formula is C23H27N5O4. The van der Waals surface area contributed by atoms with Gasteiger partial charge in [0.1, 0.15) is 6.04 Å². The molecule has 4 aliphatic rings. The zero-order chi connectivity index (χ0) is 22.7. The molecule has 3 saturated heterocycles. The Bertz CT molecular complexity index is 1020. The van der Waals surface area contributed by atoms with Gasteiger partial charge in [-0.15, -0.1) is 0 Å². The van der Waals surface area contributed by atoms with Gasteiger partial charge in [0.15, 0.2) is 0 Å². The molecule has 9 nitrogen and oxygen atoms in total. The first-order valence-corrected chi connectivity index (χ1v) is 11.2. The van der Waals surface area contributed by atoms with Crippen molar-refractivity contribution < 1.29 is 19.5 Å². The van der Waals surface area contributed by atoms with Gasteiger partial charge in [0, 0.05) is 25.2 Å². The summed E-state index contributed by atoms with van der Waals surface area (Å²) in [4.78, 5) is 42.9. The van der Waals surface area contributed by atoms with Gasteiger partial charge in [-0.3, -0.25) is 14.5 Å². The number of carboxylic acid groups (broad SMARTS) is 1. The number of carbonyl (C=O) groups is 3. The van der Waals surface area contributed by atoms with Gasteiger partial charge in [-0.2, -0.15) is 5.26 Å². The maximum atomic E-state index is 13.2. The number of rotatable bonds is 6. The lowest BCUT2D eigenvalue weighted by atomic mass is 10.0. The van der Waals surface area contributed by atoms with Crippen LogP contribution in [-0.4, -0.2) is 80.9 Å². The highest BCUT2D eigenvalue weighted by atomic mass is 16.4. The van der Waals surface area contributed by atoms with Crippen LogP contribution in [0.1, 0.15) is 48.1 Å². The van der Waals surface area contributed by atoms with Crippen molar-refractivity contribution in [2.24, 2.45) is 11.7 Å². The van der Waals surface area contributed by atoms with E-state index < -0.39 is 12.0 Å². The summed E-state index contributed by atoms with van der Waals surface area (Å²) >= 11 is 0. The predicted molar refractivity (Wildman–Crippen MR) is 113 cm³/mol. The minimum atomic E-state index is -0.993. The third-order valence-electron chi connectivity index (χ3n) is 7.60. The van der Waals surface area contributed by atoms with Crippen LogP contribution in [0.3, 0.4) is 0 Å². The average molecular weight is 438 g/mol. The topological polar surface area (TPSA) is 131 Å². The number of piperidine rings is 1. The first kappa shape index (κ1) is 20.9. The van der Waals surface area contributed by atoms with Gasteiger partial charge >= 0.3 is 5.97 Å². The fraction of sp³-hybridized carbons (Fsp3) is 0.565. The lowest BCUT2D eigenvalue weighted by Crippen LogP contribution is -2.57. The Morgan fingerprint density at radius 1 is 1.31 bits per heavy atom. The van der Waals surface area contributed by atoms with Gasteiger partial charge in [0.2, 0.25) is 11.8 Å². The van der Waals surface area contributed by atoms with Gasteiger partial charge in [0.05, 0.1) is 29.8 Å². The van der Waals surface area contributed by atoms with Crippen LogP contribution in [0.5, 0.6) is 0 Å². The molecule has 0 radical (unpaired) electrons. The van der Waals surface area contributed by atoms with E-state index >= 15 is 0 Å². The van der Waals surface area contributed by atoms with E-state index in [-0.39, 0.29) is 47.6 Å². The Labute approximate surface area is 186 Å². The largest absolute Gasteiger partial charge is 0.478 e. The van der Waals surface area contributed by atoms with E-state index in [1.165, 1.54) is 6.07 Å². The van der Waals surface area contributed by atoms with Gasteiger partial charge in [0.25, 0.3) is 0 Å². The number of carbonyl (C=O) groups excluding carboxylic acids is 2. The predicted octanol–water partition coefficient (Wildman–Crippen LogP) is 0.571. The molecule has 3 heterocycles. The fourth-order valence-corrected chi connectivity index (χ4v) is 5.90. The number of aromatic carboxylic acids is 1. The second kappa shape index (κ2) is 7.57. The Morgan fingerprint density at radius 2 is 2.09 bits per heavy atom. The first-order chi connectivity index (χ1) is 15.3. The number of nitrogens with two attached hydrogens (primary N) is 1. The SMILES string of the molecule is C[C@H](c1cccc(C(=O)O)c1)N1C(=O)[C@H]2C[C@@H]1CN2C[C@H](N)C(=O)N1[C@H](C#N)CC2C[C@@H]21. The molecule has 3 N–H and O–H groups in total. The molecule has 2 amide bonds. The van der Waals surface area contributed by atoms with Crippen molar-refractivity contribution in [1.82, 2.24) is 14.7 Å². The molecule has 1 aromatic rings. The smallest absolute Gasteiger partial charge is 0.335 e. The van der Waals surface area contributed by atoms with E-state index in [1.54, 1.807) is 17.0 Å². The molecule has 1 unspecified atom stereocenters. The highest BCUT2D eigenvalue weighted by molar-refractivity contribution is 5.89. The van der Waals surface area contributed by atoms with Crippen LogP contribution in [0.15, 0.2) is 24.3 Å². The second-order valence-corrected chi connectivity index (χ2v) is 9.51. The van der Waals surface area contributed by atoms with E-state index in [4.69, 9.17) is 5.73 Å². The molecule has 4 fully saturated rings. The van der Waals surface area contributed by atoms with Crippen LogP contribution < -0.4 is 5.73 Å². The Balaban J connectivity index is 1.24. The molecule has 1 aliphatic carbocycles. The minimum absolute atomic E-state index is 0.00439. The zero-order valence-corrected chi connectivity index (χ0v) is 17.9. The third kappa shape index (κ3) is 3.26. The van der Waals surface area contributed by atoms with Crippen molar-refractivity contribution in [3.05, 3.63) is 35.4 Å². The van der Waals surface area contributed by atoms with Crippen LogP contribution >= 0.6 is 0 Å². The summed E-state index contributed by atoms with van der Waals surface area (Å²) in [6.45, 7) is 2.85. The van der Waals surface area contributed by atoms with Crippen LogP contribution in [0.2, 0.25) is 0 Å². The minimum Gasteiger partial charge on any atom is -0.478 e. The number of hydrogen-bond acceptors (Lipinski definition) is 6. The number of nitrogens with zero attached hydrogens (tertiary/aromatic N) is 4. The monoisotopic (exact) mass is 437 g/mol. The molecule has 0 spiro atoms. The van der Waals surface area contributed by atoms with E-state index in [0.717, 1.165) is 18.4 Å². The Morgan fingerprint density at radius 3 is 2.78 bits per heavy atom. The van der Waals surface area contributed by atoms with Gasteiger partial charge in [-0.1, -0.05) is 12.1 Å². The van der Waals surface area contributed by atoms with Crippen LogP contribution in [0.25, 0.3) is 0 Å². The number of carboxylic acids is 1. The van der Waals surface area contributed by atoms with Gasteiger partial charge in [-0.05, 0) is 49.8 Å². The van der Waals surface area contributed by atoms with E-state index in [9.17, 15) is 24.8 Å². The normalized spacial score (nSPS) is 32.5. The van der Waals surface area contributed by atoms with Crippen LogP contribution in [-0.2, 0) is 9.59 Å². The maximum Gasteiger partial charge on any atom is 0.335 e. The third-order valence-corrected chi connectivity index (χ3v) is 7.60. The summed E-state index contributed by atoms with van der Waals surface area (Å²) in [7, 11) is 0. The summed E-state index contributed by atoms with van der Waals surface area (Å²) in [6.07, 6.45) is 2.37. The first-order valence-electron chi connectivity index (χ1n) is 11.2. The summed E-state index contributed by atoms with van der Waals surface area (Å²) in [5.41, 5.74) is 7.25. The van der Waals surface area contributed by atoms with Crippen molar-refractivity contribution >= 4 is 17.8 Å². The van der Waals surface area contributed by atoms with Crippen LogP contribution in [0, 0.1) is 17.2 Å². The zero-order valence-electron chi connectivity index (χ0n) is 17.9. The second-order valence-electron chi connectivity index (χ2n) is 9.51. The standard InChI is InChI=1S/C23H27N5O4/c1-12(13-3-2-4-14(5-13)23(31)32)27-17-8-20(22(27)30)26(10-17)11-18(25)21(29)28-16(9-24)6-15-7-19(15)28/h2-5,12,15-20H,6-8,10-11,25H2,1H3,(H,31,32)/t12-,15?,16+,17-,18+,19+,20-/m1/s1. The Hall–Kier alpha value is -2.96. The number of amides is 2. The number of likely N-dealkylation sites (tertiary alicyclic amines) is 3. The van der Waals surface area contributed by atoms with Crippen molar-refractivity contribution in [2.45, 2.75) is 62.4 Å². The van der Waals surface area contributed by atoms with Gasteiger partial charge in [-0.25, -0.2) is 4.79 Å². The van der Waals surface area contributed by atoms with Crippen molar-refractivity contribution in [3.63, 3.8) is 0 Å². The molecule has 0 aromatic heterocycles. The summed E-state index contributed by atoms with van der Waals surface area (Å²) < 4.78 is 0. The lowest BCUT2D eigenvalue weighted by Gasteiger charge is -2.38. The highest BCUT2D eigenvalue weighted by Gasteiger charge is 2.56. The molecular weight excluding hydrogens is 410 g/mol. The Kier molecular flexibility index (Phi) is 4.95. The molecule has 3 aliphatic heterocycles. The van der Waals surface area contributed by atoms with Gasteiger partial charge < -0.3 is 20.6 Å². The fourth-order valence-electron chi connectivity index (χ4n) is 5.90. The van der Waals surface area contributed by atoms with E-state index in [0.29, 0.717) is 25.4 Å². The quantitative estimate of drug-likeness (QED) is 0.665. The molecule has 168 valence electrons. The molecule has 2 bridgehead atoms. The van der Waals surface area contributed by atoms with E-state index in [1.807, 2.05) is 22.8 Å². The van der Waals surface area contributed by atoms with E-state index in [2.05, 4.69) is 6.07 Å². The molecule has 7 atom stereocenters. The average Bonchev–Trinajstić information content (AvgIpc) is 3.11. The maximum absolute atomic E-state index is 13.2. The van der Waals surface area contributed by atoms with Crippen LogP contribution in [0.4, 0.5) is 0 Å². The molecule has 32 heavy (non-hydrogen) atoms. The lowest BCUT2D eigenvalue weighted by molar-refractivity contribution is -0.141. The molecule has 1 saturated carbocycles. The van der Waals surface area contributed by atoms with Crippen molar-refractivity contribution in [2.75, 3.05) is 13.1 Å². The van der Waals surface area contributed by atoms with Crippen molar-refractivity contribution in [1.29, 1.82) is 5.26 Å². The molecule has 9 heteroatoms. The molecule has 1 aromatic carbocycles. The summed E-state index contributed by atoms with van der Waals surface area (Å²) in [6, 6.07) is 7.39. The number of piperazine rings is 1. The summed E-state index contributed by atoms with van der Waals surface area (Å²) in [5, 5.41) is 18.6. The molecule has 5 rings (SSSR count). The number of fused-ring (bicyclic) bond motifs is 3. The number of benzene rings is 1. The number of nitriles is 1. The summed E-state index contributed by atoms with van der Waals surface area (Å²) in [5.74, 6) is -0.748.